The van der Waals surface area contributed by atoms with Crippen molar-refractivity contribution in [3.8, 4) is 0 Å². The topological polar surface area (TPSA) is 44.6 Å². The fourth-order valence-corrected chi connectivity index (χ4v) is 0.609. The quantitative estimate of drug-likeness (QED) is 0.621. The molecule has 0 fully saturated rings. The predicted octanol–water partition coefficient (Wildman–Crippen LogP) is 2.55. The Morgan fingerprint density at radius 1 is 1.00 bits per heavy atom. The van der Waals surface area contributed by atoms with Crippen LogP contribution in [0.15, 0.2) is 24.3 Å². The van der Waals surface area contributed by atoms with E-state index in [2.05, 4.69) is 0 Å². The van der Waals surface area contributed by atoms with E-state index in [1.807, 2.05) is 13.8 Å². The molecule has 1 aliphatic rings. The van der Waals surface area contributed by atoms with Crippen LogP contribution in [0.1, 0.15) is 20.3 Å². The summed E-state index contributed by atoms with van der Waals surface area (Å²) < 4.78 is 0. The maximum absolute atomic E-state index is 8.85. The van der Waals surface area contributed by atoms with Crippen molar-refractivity contribution in [2.75, 3.05) is 0 Å². The number of nitrogens with zero attached hydrogens (tertiary/aromatic N) is 2. The molecule has 1 aliphatic carbocycles. The molecule has 1 rings (SSSR count). The summed E-state index contributed by atoms with van der Waals surface area (Å²) in [6, 6.07) is 0. The van der Waals surface area contributed by atoms with Crippen LogP contribution in [0.4, 0.5) is 0 Å². The predicted molar refractivity (Wildman–Crippen MR) is 51.0 cm³/mol. The molecule has 0 saturated carbocycles. The van der Waals surface area contributed by atoms with Gasteiger partial charge in [-0.3, -0.25) is 0 Å². The van der Waals surface area contributed by atoms with E-state index in [0.717, 1.165) is 6.42 Å². The summed E-state index contributed by atoms with van der Waals surface area (Å²) in [5, 5.41) is 17.7. The Bertz CT molecular complexity index is 183. The van der Waals surface area contributed by atoms with Gasteiger partial charge in [-0.05, 0) is 6.42 Å². The number of hydrogen-bond donors (Lipinski definition) is 0. The van der Waals surface area contributed by atoms with Gasteiger partial charge in [-0.2, -0.15) is 11.4 Å². The van der Waals surface area contributed by atoms with Crippen LogP contribution in [0.25, 0.3) is 10.8 Å². The van der Waals surface area contributed by atoms with Crippen molar-refractivity contribution in [3.63, 3.8) is 0 Å². The van der Waals surface area contributed by atoms with E-state index >= 15 is 0 Å². The first kappa shape index (κ1) is 14.4. The Morgan fingerprint density at radius 2 is 1.33 bits per heavy atom. The van der Waals surface area contributed by atoms with Crippen molar-refractivity contribution in [3.05, 3.63) is 35.1 Å². The van der Waals surface area contributed by atoms with Gasteiger partial charge in [-0.25, -0.2) is 0 Å². The third-order valence-electron chi connectivity index (χ3n) is 1.09. The molecule has 12 heavy (non-hydrogen) atoms. The van der Waals surface area contributed by atoms with Gasteiger partial charge in [-0.1, -0.05) is 38.2 Å². The zero-order chi connectivity index (χ0) is 8.69. The maximum atomic E-state index is 8.85. The van der Waals surface area contributed by atoms with Crippen molar-refractivity contribution in [2.45, 2.75) is 20.3 Å². The van der Waals surface area contributed by atoms with E-state index < -0.39 is 0 Å². The summed E-state index contributed by atoms with van der Waals surface area (Å²) in [4.78, 5) is 0. The molecule has 0 aromatic heterocycles. The molecular weight excluding hydrogens is 225 g/mol. The molecule has 1 radical (unpaired) electrons. The molecule has 0 bridgehead atoms. The number of rotatable bonds is 0. The molecule has 0 amide bonds. The Balaban J connectivity index is 0. The normalized spacial score (nSPS) is 14.2. The molecule has 3 heteroatoms. The van der Waals surface area contributed by atoms with Crippen molar-refractivity contribution in [1.29, 1.82) is 0 Å². The summed E-state index contributed by atoms with van der Waals surface area (Å²) in [6.07, 6.45) is 7.27. The average molecular weight is 237 g/mol. The molecular formula is C9H12N2Y-2. The van der Waals surface area contributed by atoms with Crippen molar-refractivity contribution in [2.24, 2.45) is 0 Å². The second kappa shape index (κ2) is 9.02. The van der Waals surface area contributed by atoms with Gasteiger partial charge in [0.2, 0.25) is 0 Å². The standard InChI is InChI=1S/C7H6N2.C2H6.Y/c8-6-4-2-1-3-5-7(6)9;1-2;/h2-5H,1H2;1-2H3;/q-2;;. The molecule has 0 aliphatic heterocycles. The maximum Gasteiger partial charge on any atom is 0 e. The molecule has 0 aromatic carbocycles. The molecule has 2 nitrogen and oxygen atoms in total. The zero-order valence-electron chi connectivity index (χ0n) is 7.49. The first-order valence-electron chi connectivity index (χ1n) is 3.76. The largest absolute Gasteiger partial charge is 0.805 e. The molecule has 0 heterocycles. The van der Waals surface area contributed by atoms with Crippen LogP contribution in [0, 0.1) is 0 Å². The molecule has 0 spiro atoms. The van der Waals surface area contributed by atoms with Gasteiger partial charge < -0.3 is 10.8 Å². The van der Waals surface area contributed by atoms with Gasteiger partial charge in [-0.15, -0.1) is 0 Å². The smallest absolute Gasteiger partial charge is 0 e. The Kier molecular flexibility index (Phi) is 10.9. The third-order valence-corrected chi connectivity index (χ3v) is 1.09. The van der Waals surface area contributed by atoms with Crippen LogP contribution >= 0.6 is 0 Å². The van der Waals surface area contributed by atoms with Crippen LogP contribution in [-0.2, 0) is 32.7 Å². The fraction of sp³-hybridized carbons (Fsp3) is 0.333. The summed E-state index contributed by atoms with van der Waals surface area (Å²) >= 11 is 0. The van der Waals surface area contributed by atoms with Crippen LogP contribution in [0.2, 0.25) is 0 Å². The number of hydrogen-bond acceptors (Lipinski definition) is 0. The molecule has 63 valence electrons. The minimum absolute atomic E-state index is 0. The Morgan fingerprint density at radius 3 is 1.67 bits per heavy atom. The van der Waals surface area contributed by atoms with Gasteiger partial charge in [0.15, 0.2) is 0 Å². The van der Waals surface area contributed by atoms with E-state index in [1.54, 1.807) is 12.2 Å². The molecule has 0 N–H and O–H groups in total. The first-order chi connectivity index (χ1) is 5.30. The summed E-state index contributed by atoms with van der Waals surface area (Å²) in [7, 11) is 0. The summed E-state index contributed by atoms with van der Waals surface area (Å²) in [5.41, 5.74) is -0.132. The van der Waals surface area contributed by atoms with Crippen molar-refractivity contribution in [1.82, 2.24) is 0 Å². The van der Waals surface area contributed by atoms with E-state index in [0.29, 0.717) is 0 Å². The molecule has 0 unspecified atom stereocenters. The van der Waals surface area contributed by atoms with Crippen LogP contribution in [0.3, 0.4) is 0 Å². The molecule has 0 saturated heterocycles. The molecule has 0 aromatic rings. The van der Waals surface area contributed by atoms with Crippen LogP contribution < -0.4 is 0 Å². The van der Waals surface area contributed by atoms with Gasteiger partial charge >= 0.3 is 0 Å². The van der Waals surface area contributed by atoms with Crippen LogP contribution in [0.5, 0.6) is 0 Å². The Hall–Kier alpha value is -0.0761. The minimum Gasteiger partial charge on any atom is -0.805 e. The van der Waals surface area contributed by atoms with Crippen molar-refractivity contribution < 1.29 is 32.7 Å². The third kappa shape index (κ3) is 5.56. The van der Waals surface area contributed by atoms with E-state index in [9.17, 15) is 0 Å². The van der Waals surface area contributed by atoms with Crippen LogP contribution in [-0.4, -0.2) is 11.4 Å². The van der Waals surface area contributed by atoms with E-state index in [-0.39, 0.29) is 44.1 Å². The van der Waals surface area contributed by atoms with Gasteiger partial charge in [0.1, 0.15) is 0 Å². The fourth-order valence-electron chi connectivity index (χ4n) is 0.609. The first-order valence-corrected chi connectivity index (χ1v) is 3.76. The average Bonchev–Trinajstić information content (AvgIpc) is 2.22. The second-order valence-electron chi connectivity index (χ2n) is 1.81. The van der Waals surface area contributed by atoms with Gasteiger partial charge in [0, 0.05) is 32.7 Å². The van der Waals surface area contributed by atoms with E-state index in [1.165, 1.54) is 12.2 Å². The SMILES string of the molecule is CC.[N-]=C1C=CCC=CC1=[N-].[Y]. The summed E-state index contributed by atoms with van der Waals surface area (Å²) in [6.45, 7) is 4.00. The molecule has 0 atom stereocenters. The van der Waals surface area contributed by atoms with Gasteiger partial charge in [0.05, 0.1) is 0 Å². The van der Waals surface area contributed by atoms with Gasteiger partial charge in [0.25, 0.3) is 0 Å². The second-order valence-corrected chi connectivity index (χ2v) is 1.81. The van der Waals surface area contributed by atoms with E-state index in [4.69, 9.17) is 10.8 Å². The Labute approximate surface area is 99.0 Å². The van der Waals surface area contributed by atoms with Crippen molar-refractivity contribution >= 4 is 11.4 Å². The minimum atomic E-state index is -0.0660. The summed E-state index contributed by atoms with van der Waals surface area (Å²) in [5.74, 6) is 0. The zero-order valence-corrected chi connectivity index (χ0v) is 10.3. The number of allylic oxidation sites excluding steroid dienone is 4. The monoisotopic (exact) mass is 237 g/mol.